The second-order valence-corrected chi connectivity index (χ2v) is 3.54. The molecule has 0 bridgehead atoms. The van der Waals surface area contributed by atoms with Gasteiger partial charge in [-0.3, -0.25) is 4.79 Å². The molecule has 0 aliphatic heterocycles. The number of Topliss-reactive ketones (excluding diaryl/α,β-unsaturated/α-hetero) is 1. The molecule has 0 aliphatic rings. The number of hydrogen-bond donors (Lipinski definition) is 0. The van der Waals surface area contributed by atoms with E-state index in [0.29, 0.717) is 5.76 Å². The zero-order valence-electron chi connectivity index (χ0n) is 9.27. The summed E-state index contributed by atoms with van der Waals surface area (Å²) in [6.07, 6.45) is 1.52. The molecule has 1 aromatic heterocycles. The van der Waals surface area contributed by atoms with E-state index >= 15 is 0 Å². The summed E-state index contributed by atoms with van der Waals surface area (Å²) < 4.78 is 23.9. The number of carbonyl (C=O) groups excluding carboxylic acids is 1. The average Bonchev–Trinajstić information content (AvgIpc) is 2.78. The van der Waals surface area contributed by atoms with Crippen LogP contribution in [0, 0.1) is 5.82 Å². The van der Waals surface area contributed by atoms with Gasteiger partial charge in [0.25, 0.3) is 0 Å². The fourth-order valence-electron chi connectivity index (χ4n) is 1.51. The van der Waals surface area contributed by atoms with E-state index in [1.54, 1.807) is 18.2 Å². The van der Waals surface area contributed by atoms with E-state index in [1.807, 2.05) is 0 Å². The highest BCUT2D eigenvalue weighted by Gasteiger charge is 2.14. The zero-order valence-corrected chi connectivity index (χ0v) is 9.27. The van der Waals surface area contributed by atoms with Crippen LogP contribution in [0.1, 0.15) is 23.0 Å². The lowest BCUT2D eigenvalue weighted by Crippen LogP contribution is -2.03. The van der Waals surface area contributed by atoms with Crippen molar-refractivity contribution in [2.75, 3.05) is 0 Å². The molecular weight excluding hydrogens is 223 g/mol. The maximum atomic E-state index is 13.4. The van der Waals surface area contributed by atoms with Crippen molar-refractivity contribution in [1.82, 2.24) is 0 Å². The van der Waals surface area contributed by atoms with Gasteiger partial charge >= 0.3 is 0 Å². The largest absolute Gasteiger partial charge is 0.485 e. The molecule has 0 atom stereocenters. The van der Waals surface area contributed by atoms with Gasteiger partial charge in [-0.05, 0) is 31.2 Å². The van der Waals surface area contributed by atoms with Gasteiger partial charge in [0.05, 0.1) is 11.8 Å². The summed E-state index contributed by atoms with van der Waals surface area (Å²) in [6.45, 7) is 1.47. The quantitative estimate of drug-likeness (QED) is 0.762. The molecule has 1 heterocycles. The van der Waals surface area contributed by atoms with Crippen molar-refractivity contribution >= 4 is 5.78 Å². The molecule has 3 nitrogen and oxygen atoms in total. The topological polar surface area (TPSA) is 39.4 Å². The molecule has 4 heteroatoms. The summed E-state index contributed by atoms with van der Waals surface area (Å²) in [4.78, 5) is 11.3. The Morgan fingerprint density at radius 1 is 1.35 bits per heavy atom. The third-order valence-corrected chi connectivity index (χ3v) is 2.28. The summed E-state index contributed by atoms with van der Waals surface area (Å²) in [6, 6.07) is 7.77. The second-order valence-electron chi connectivity index (χ2n) is 3.54. The van der Waals surface area contributed by atoms with Gasteiger partial charge in [-0.2, -0.15) is 0 Å². The predicted octanol–water partition coefficient (Wildman–Crippen LogP) is 3.20. The smallest absolute Gasteiger partial charge is 0.166 e. The van der Waals surface area contributed by atoms with Gasteiger partial charge in [0, 0.05) is 0 Å². The number of benzene rings is 1. The van der Waals surface area contributed by atoms with Crippen molar-refractivity contribution in [3.8, 4) is 5.75 Å². The first kappa shape index (κ1) is 11.4. The Morgan fingerprint density at radius 2 is 2.18 bits per heavy atom. The van der Waals surface area contributed by atoms with E-state index < -0.39 is 5.82 Å². The van der Waals surface area contributed by atoms with E-state index in [4.69, 9.17) is 9.15 Å². The minimum atomic E-state index is -0.575. The van der Waals surface area contributed by atoms with E-state index in [0.717, 1.165) is 0 Å². The standard InChI is InChI=1S/C13H11FO3/c1-9(15)13-11(14)5-2-6-12(13)17-8-10-4-3-7-16-10/h2-7H,8H2,1H3. The second kappa shape index (κ2) is 4.82. The molecule has 0 amide bonds. The van der Waals surface area contributed by atoms with Crippen LogP contribution in [0.5, 0.6) is 5.75 Å². The summed E-state index contributed by atoms with van der Waals surface area (Å²) in [7, 11) is 0. The highest BCUT2D eigenvalue weighted by molar-refractivity contribution is 5.97. The maximum Gasteiger partial charge on any atom is 0.166 e. The molecule has 2 aromatic rings. The maximum absolute atomic E-state index is 13.4. The van der Waals surface area contributed by atoms with Crippen molar-refractivity contribution in [1.29, 1.82) is 0 Å². The molecule has 2 rings (SSSR count). The fourth-order valence-corrected chi connectivity index (χ4v) is 1.51. The fraction of sp³-hybridized carbons (Fsp3) is 0.154. The molecule has 17 heavy (non-hydrogen) atoms. The van der Waals surface area contributed by atoms with Crippen LogP contribution in [-0.2, 0) is 6.61 Å². The Labute approximate surface area is 97.8 Å². The van der Waals surface area contributed by atoms with Crippen molar-refractivity contribution in [3.63, 3.8) is 0 Å². The van der Waals surface area contributed by atoms with Gasteiger partial charge in [-0.1, -0.05) is 6.07 Å². The third-order valence-electron chi connectivity index (χ3n) is 2.28. The third kappa shape index (κ3) is 2.53. The number of rotatable bonds is 4. The normalized spacial score (nSPS) is 10.2. The Kier molecular flexibility index (Phi) is 3.23. The van der Waals surface area contributed by atoms with Crippen LogP contribution in [0.25, 0.3) is 0 Å². The minimum Gasteiger partial charge on any atom is -0.485 e. The number of carbonyl (C=O) groups is 1. The molecular formula is C13H11FO3. The number of hydrogen-bond acceptors (Lipinski definition) is 3. The molecule has 88 valence electrons. The van der Waals surface area contributed by atoms with Crippen LogP contribution >= 0.6 is 0 Å². The minimum absolute atomic E-state index is 0.0287. The Morgan fingerprint density at radius 3 is 2.82 bits per heavy atom. The van der Waals surface area contributed by atoms with Gasteiger partial charge in [-0.15, -0.1) is 0 Å². The van der Waals surface area contributed by atoms with Gasteiger partial charge in [0.15, 0.2) is 5.78 Å². The zero-order chi connectivity index (χ0) is 12.3. The molecule has 1 aromatic carbocycles. The van der Waals surface area contributed by atoms with E-state index in [1.165, 1.54) is 25.3 Å². The summed E-state index contributed by atoms with van der Waals surface area (Å²) >= 11 is 0. The molecule has 0 aliphatic carbocycles. The first-order valence-electron chi connectivity index (χ1n) is 5.13. The lowest BCUT2D eigenvalue weighted by atomic mass is 10.1. The molecule has 0 saturated carbocycles. The SMILES string of the molecule is CC(=O)c1c(F)cccc1OCc1ccco1. The first-order chi connectivity index (χ1) is 8.18. The Balaban J connectivity index is 2.21. The van der Waals surface area contributed by atoms with E-state index in [9.17, 15) is 9.18 Å². The molecule has 0 radical (unpaired) electrons. The lowest BCUT2D eigenvalue weighted by molar-refractivity contribution is 0.100. The first-order valence-corrected chi connectivity index (χ1v) is 5.13. The van der Waals surface area contributed by atoms with Gasteiger partial charge in [0.1, 0.15) is 23.9 Å². The number of ether oxygens (including phenoxy) is 1. The van der Waals surface area contributed by atoms with Crippen molar-refractivity contribution in [2.45, 2.75) is 13.5 Å². The lowest BCUT2D eigenvalue weighted by Gasteiger charge is -2.08. The van der Waals surface area contributed by atoms with E-state index in [-0.39, 0.29) is 23.7 Å². The number of furan rings is 1. The highest BCUT2D eigenvalue weighted by atomic mass is 19.1. The summed E-state index contributed by atoms with van der Waals surface area (Å²) in [5.41, 5.74) is -0.0287. The monoisotopic (exact) mass is 234 g/mol. The highest BCUT2D eigenvalue weighted by Crippen LogP contribution is 2.23. The summed E-state index contributed by atoms with van der Waals surface area (Å²) in [5, 5.41) is 0. The Bertz CT molecular complexity index is 517. The van der Waals surface area contributed by atoms with Crippen molar-refractivity contribution < 1.29 is 18.3 Å². The molecule has 0 saturated heterocycles. The Hall–Kier alpha value is -2.10. The van der Waals surface area contributed by atoms with Crippen LogP contribution in [-0.4, -0.2) is 5.78 Å². The van der Waals surface area contributed by atoms with Gasteiger partial charge in [0.2, 0.25) is 0 Å². The van der Waals surface area contributed by atoms with Crippen molar-refractivity contribution in [2.24, 2.45) is 0 Å². The van der Waals surface area contributed by atoms with Crippen LogP contribution in [0.15, 0.2) is 41.0 Å². The molecule has 0 N–H and O–H groups in total. The summed E-state index contributed by atoms with van der Waals surface area (Å²) in [5.74, 6) is -0.0929. The van der Waals surface area contributed by atoms with Crippen LogP contribution in [0.3, 0.4) is 0 Å². The van der Waals surface area contributed by atoms with Crippen molar-refractivity contribution in [3.05, 3.63) is 53.7 Å². The van der Waals surface area contributed by atoms with Crippen LogP contribution < -0.4 is 4.74 Å². The molecule has 0 fully saturated rings. The number of halogens is 1. The van der Waals surface area contributed by atoms with E-state index in [2.05, 4.69) is 0 Å². The molecule has 0 unspecified atom stereocenters. The predicted molar refractivity (Wildman–Crippen MR) is 59.4 cm³/mol. The van der Waals surface area contributed by atoms with Gasteiger partial charge < -0.3 is 9.15 Å². The van der Waals surface area contributed by atoms with Gasteiger partial charge in [-0.25, -0.2) is 4.39 Å². The van der Waals surface area contributed by atoms with Crippen LogP contribution in [0.4, 0.5) is 4.39 Å². The number of ketones is 1. The molecule has 0 spiro atoms. The van der Waals surface area contributed by atoms with Crippen LogP contribution in [0.2, 0.25) is 0 Å². The average molecular weight is 234 g/mol.